The van der Waals surface area contributed by atoms with Crippen molar-refractivity contribution in [3.8, 4) is 0 Å². The number of nitrogens with one attached hydrogen (secondary N) is 1. The highest BCUT2D eigenvalue weighted by Gasteiger charge is 2.13. The molecule has 98 valence electrons. The third kappa shape index (κ3) is 3.36. The van der Waals surface area contributed by atoms with Crippen molar-refractivity contribution in [2.45, 2.75) is 0 Å². The molecule has 0 aliphatic rings. The van der Waals surface area contributed by atoms with Crippen molar-refractivity contribution in [2.75, 3.05) is 5.32 Å². The lowest BCUT2D eigenvalue weighted by molar-refractivity contribution is 0.102. The van der Waals surface area contributed by atoms with Crippen LogP contribution in [0, 0.1) is 11.6 Å². The maximum Gasteiger partial charge on any atom is 0.274 e. The van der Waals surface area contributed by atoms with Gasteiger partial charge in [-0.25, -0.2) is 13.8 Å². The zero-order valence-corrected chi connectivity index (χ0v) is 12.4. The molecule has 0 bridgehead atoms. The molecule has 3 nitrogen and oxygen atoms in total. The summed E-state index contributed by atoms with van der Waals surface area (Å²) in [5, 5.41) is 2.33. The van der Waals surface area contributed by atoms with Gasteiger partial charge in [0.1, 0.15) is 17.3 Å². The lowest BCUT2D eigenvalue weighted by atomic mass is 10.2. The molecule has 0 saturated carbocycles. The first-order valence-corrected chi connectivity index (χ1v) is 6.63. The monoisotopic (exact) mass is 390 g/mol. The van der Waals surface area contributed by atoms with Crippen molar-refractivity contribution in [1.29, 1.82) is 0 Å². The number of anilines is 1. The molecule has 0 radical (unpaired) electrons. The highest BCUT2D eigenvalue weighted by molar-refractivity contribution is 9.10. The molecule has 2 aromatic rings. The van der Waals surface area contributed by atoms with Gasteiger partial charge in [0.2, 0.25) is 0 Å². The van der Waals surface area contributed by atoms with E-state index in [0.717, 1.165) is 10.5 Å². The minimum atomic E-state index is -0.855. The smallest absolute Gasteiger partial charge is 0.274 e. The zero-order chi connectivity index (χ0) is 14.0. The van der Waals surface area contributed by atoms with Gasteiger partial charge >= 0.3 is 0 Å². The van der Waals surface area contributed by atoms with Crippen LogP contribution in [0.25, 0.3) is 0 Å². The van der Waals surface area contributed by atoms with Crippen LogP contribution in [0.2, 0.25) is 0 Å². The van der Waals surface area contributed by atoms with Gasteiger partial charge in [-0.15, -0.1) is 0 Å². The Labute approximate surface area is 124 Å². The summed E-state index contributed by atoms with van der Waals surface area (Å²) in [7, 11) is 0. The first-order valence-electron chi connectivity index (χ1n) is 5.05. The summed E-state index contributed by atoms with van der Waals surface area (Å²) in [6, 6.07) is 4.96. The summed E-state index contributed by atoms with van der Waals surface area (Å²) in [5.74, 6) is -2.17. The fourth-order valence-electron chi connectivity index (χ4n) is 1.31. The summed E-state index contributed by atoms with van der Waals surface area (Å²) in [6.07, 6.45) is 1.45. The number of hydrogen-bond acceptors (Lipinski definition) is 2. The number of aromatic nitrogens is 1. The van der Waals surface area contributed by atoms with E-state index in [9.17, 15) is 13.6 Å². The molecule has 2 rings (SSSR count). The van der Waals surface area contributed by atoms with Gasteiger partial charge in [0.15, 0.2) is 0 Å². The molecule has 1 N–H and O–H groups in total. The Morgan fingerprint density at radius 2 is 1.89 bits per heavy atom. The molecule has 1 aromatic heterocycles. The van der Waals surface area contributed by atoms with Crippen LogP contribution in [0.5, 0.6) is 0 Å². The normalized spacial score (nSPS) is 10.3. The molecule has 0 fully saturated rings. The van der Waals surface area contributed by atoms with E-state index in [2.05, 4.69) is 42.2 Å². The predicted octanol–water partition coefficient (Wildman–Crippen LogP) is 4.14. The van der Waals surface area contributed by atoms with Crippen LogP contribution in [-0.2, 0) is 0 Å². The number of pyridine rings is 1. The predicted molar refractivity (Wildman–Crippen MR) is 73.9 cm³/mol. The molecule has 0 unspecified atom stereocenters. The Hall–Kier alpha value is -1.34. The summed E-state index contributed by atoms with van der Waals surface area (Å²) in [4.78, 5) is 15.7. The van der Waals surface area contributed by atoms with Crippen LogP contribution < -0.4 is 5.32 Å². The second-order valence-electron chi connectivity index (χ2n) is 3.56. The summed E-state index contributed by atoms with van der Waals surface area (Å²) in [6.45, 7) is 0. The maximum atomic E-state index is 13.5. The molecule has 1 aromatic carbocycles. The Bertz CT molecular complexity index is 632. The average Bonchev–Trinajstić information content (AvgIpc) is 2.36. The highest BCUT2D eigenvalue weighted by atomic mass is 79.9. The molecular weight excluding hydrogens is 386 g/mol. The number of halogens is 4. The molecule has 0 aliphatic heterocycles. The van der Waals surface area contributed by atoms with E-state index in [0.29, 0.717) is 6.07 Å². The van der Waals surface area contributed by atoms with E-state index in [-0.39, 0.29) is 15.9 Å². The molecular formula is C12H6Br2F2N2O. The lowest BCUT2D eigenvalue weighted by Gasteiger charge is -2.07. The van der Waals surface area contributed by atoms with Crippen molar-refractivity contribution in [1.82, 2.24) is 4.98 Å². The third-order valence-corrected chi connectivity index (χ3v) is 3.29. The fourth-order valence-corrected chi connectivity index (χ4v) is 1.89. The quantitative estimate of drug-likeness (QED) is 0.782. The minimum Gasteiger partial charge on any atom is -0.318 e. The molecule has 0 saturated heterocycles. The van der Waals surface area contributed by atoms with Crippen LogP contribution in [0.3, 0.4) is 0 Å². The van der Waals surface area contributed by atoms with E-state index in [1.165, 1.54) is 12.3 Å². The topological polar surface area (TPSA) is 42.0 Å². The van der Waals surface area contributed by atoms with Crippen molar-refractivity contribution in [2.24, 2.45) is 0 Å². The van der Waals surface area contributed by atoms with Gasteiger partial charge in [0.05, 0.1) is 10.2 Å². The number of rotatable bonds is 2. The Morgan fingerprint density at radius 1 is 1.16 bits per heavy atom. The number of benzene rings is 1. The Morgan fingerprint density at radius 3 is 2.53 bits per heavy atom. The van der Waals surface area contributed by atoms with Crippen LogP contribution >= 0.6 is 31.9 Å². The SMILES string of the molecule is O=C(Nc1cc(Br)c(F)cc1F)c1ccc(Br)cn1. The summed E-state index contributed by atoms with van der Waals surface area (Å²) < 4.78 is 27.3. The van der Waals surface area contributed by atoms with Gasteiger partial charge in [-0.2, -0.15) is 0 Å². The average molecular weight is 392 g/mol. The third-order valence-electron chi connectivity index (χ3n) is 2.22. The van der Waals surface area contributed by atoms with Crippen LogP contribution in [-0.4, -0.2) is 10.9 Å². The number of carbonyl (C=O) groups is 1. The molecule has 0 aliphatic carbocycles. The second kappa shape index (κ2) is 5.75. The second-order valence-corrected chi connectivity index (χ2v) is 5.33. The molecule has 1 amide bonds. The van der Waals surface area contributed by atoms with Crippen LogP contribution in [0.4, 0.5) is 14.5 Å². The van der Waals surface area contributed by atoms with Crippen LogP contribution in [0.1, 0.15) is 10.5 Å². The van der Waals surface area contributed by atoms with Crippen molar-refractivity contribution in [3.05, 3.63) is 56.7 Å². The molecule has 19 heavy (non-hydrogen) atoms. The number of carbonyl (C=O) groups excluding carboxylic acids is 1. The number of amides is 1. The summed E-state index contributed by atoms with van der Waals surface area (Å²) in [5.41, 5.74) is 0.00559. The molecule has 1 heterocycles. The van der Waals surface area contributed by atoms with E-state index in [1.807, 2.05) is 0 Å². The lowest BCUT2D eigenvalue weighted by Crippen LogP contribution is -2.14. The van der Waals surface area contributed by atoms with Crippen LogP contribution in [0.15, 0.2) is 39.4 Å². The van der Waals surface area contributed by atoms with Crippen molar-refractivity contribution < 1.29 is 13.6 Å². The van der Waals surface area contributed by atoms with E-state index >= 15 is 0 Å². The van der Waals surface area contributed by atoms with E-state index < -0.39 is 17.5 Å². The fraction of sp³-hybridized carbons (Fsp3) is 0. The molecule has 0 spiro atoms. The zero-order valence-electron chi connectivity index (χ0n) is 9.25. The first kappa shape index (κ1) is 14.1. The number of hydrogen-bond donors (Lipinski definition) is 1. The maximum absolute atomic E-state index is 13.5. The van der Waals surface area contributed by atoms with Crippen molar-refractivity contribution in [3.63, 3.8) is 0 Å². The van der Waals surface area contributed by atoms with E-state index in [4.69, 9.17) is 0 Å². The van der Waals surface area contributed by atoms with Gasteiger partial charge in [0, 0.05) is 16.7 Å². The van der Waals surface area contributed by atoms with E-state index in [1.54, 1.807) is 6.07 Å². The number of nitrogens with zero attached hydrogens (tertiary/aromatic N) is 1. The first-order chi connectivity index (χ1) is 8.97. The van der Waals surface area contributed by atoms with Gasteiger partial charge in [-0.1, -0.05) is 0 Å². The Balaban J connectivity index is 2.24. The Kier molecular flexibility index (Phi) is 4.26. The van der Waals surface area contributed by atoms with Crippen molar-refractivity contribution >= 4 is 43.5 Å². The minimum absolute atomic E-state index is 0.0629. The van der Waals surface area contributed by atoms with Gasteiger partial charge < -0.3 is 5.32 Å². The largest absolute Gasteiger partial charge is 0.318 e. The van der Waals surface area contributed by atoms with Gasteiger partial charge in [-0.3, -0.25) is 4.79 Å². The standard InChI is InChI=1S/C12H6Br2F2N2O/c13-6-1-2-10(17-5-6)12(19)18-11-3-7(14)8(15)4-9(11)16/h1-5H,(H,18,19). The van der Waals surface area contributed by atoms with Gasteiger partial charge in [-0.05, 0) is 50.1 Å². The molecule has 0 atom stereocenters. The molecule has 7 heteroatoms. The van der Waals surface area contributed by atoms with Gasteiger partial charge in [0.25, 0.3) is 5.91 Å². The summed E-state index contributed by atoms with van der Waals surface area (Å²) >= 11 is 6.11. The highest BCUT2D eigenvalue weighted by Crippen LogP contribution is 2.24.